The van der Waals surface area contributed by atoms with Crippen LogP contribution in [0.15, 0.2) is 30.3 Å². The molecule has 5 nitrogen and oxygen atoms in total. The molecule has 5 heteroatoms. The fraction of sp³-hybridized carbons (Fsp3) is 0.476. The number of carbonyl (C=O) groups excluding carboxylic acids is 1. The normalized spacial score (nSPS) is 13.4. The van der Waals surface area contributed by atoms with E-state index in [0.29, 0.717) is 13.0 Å². The lowest BCUT2D eigenvalue weighted by Gasteiger charge is -2.31. The van der Waals surface area contributed by atoms with E-state index in [1.165, 1.54) is 0 Å². The van der Waals surface area contributed by atoms with E-state index in [-0.39, 0.29) is 5.91 Å². The quantitative estimate of drug-likeness (QED) is 0.796. The van der Waals surface area contributed by atoms with Crippen molar-refractivity contribution in [3.63, 3.8) is 0 Å². The molecule has 0 aliphatic carbocycles. The van der Waals surface area contributed by atoms with Gasteiger partial charge in [0.2, 0.25) is 5.91 Å². The third-order valence-corrected chi connectivity index (χ3v) is 5.00. The third-order valence-electron chi connectivity index (χ3n) is 5.00. The topological polar surface area (TPSA) is 49.3 Å². The summed E-state index contributed by atoms with van der Waals surface area (Å²) >= 11 is 0. The summed E-state index contributed by atoms with van der Waals surface area (Å²) in [5.41, 5.74) is 3.21. The van der Waals surface area contributed by atoms with Crippen LogP contribution in [-0.4, -0.2) is 40.9 Å². The van der Waals surface area contributed by atoms with E-state index in [0.717, 1.165) is 60.8 Å². The number of aromatic nitrogens is 2. The summed E-state index contributed by atoms with van der Waals surface area (Å²) in [6.45, 7) is 6.46. The van der Waals surface area contributed by atoms with Gasteiger partial charge in [0.1, 0.15) is 5.82 Å². The molecule has 1 aromatic heterocycles. The number of rotatable bonds is 6. The number of hydrogen-bond donors (Lipinski definition) is 0. The molecule has 0 unspecified atom stereocenters. The summed E-state index contributed by atoms with van der Waals surface area (Å²) in [4.78, 5) is 26.3. The van der Waals surface area contributed by atoms with Crippen LogP contribution in [0, 0.1) is 0 Å². The molecule has 26 heavy (non-hydrogen) atoms. The smallest absolute Gasteiger partial charge is 0.222 e. The molecule has 0 saturated carbocycles. The number of benzene rings is 1. The maximum atomic E-state index is 12.5. The average molecular weight is 352 g/mol. The fourth-order valence-electron chi connectivity index (χ4n) is 3.28. The number of nitrogens with zero attached hydrogens (tertiary/aromatic N) is 4. The fourth-order valence-corrected chi connectivity index (χ4v) is 3.28. The van der Waals surface area contributed by atoms with Crippen molar-refractivity contribution in [3.8, 4) is 11.4 Å². The minimum atomic E-state index is 0.245. The van der Waals surface area contributed by atoms with Crippen molar-refractivity contribution in [2.75, 3.05) is 25.0 Å². The Hall–Kier alpha value is -2.43. The summed E-state index contributed by atoms with van der Waals surface area (Å²) in [6.07, 6.45) is 3.42. The van der Waals surface area contributed by atoms with Crippen LogP contribution < -0.4 is 4.90 Å². The Bertz CT molecular complexity index is 760. The first-order valence-corrected chi connectivity index (χ1v) is 9.58. The molecule has 0 atom stereocenters. The summed E-state index contributed by atoms with van der Waals surface area (Å²) in [7, 11) is 2.05. The molecule has 0 bridgehead atoms. The molecule has 1 aliphatic rings. The van der Waals surface area contributed by atoms with Gasteiger partial charge in [0.05, 0.1) is 12.2 Å². The van der Waals surface area contributed by atoms with Gasteiger partial charge in [0.25, 0.3) is 0 Å². The second-order valence-corrected chi connectivity index (χ2v) is 6.85. The summed E-state index contributed by atoms with van der Waals surface area (Å²) in [6, 6.07) is 10.1. The lowest BCUT2D eigenvalue weighted by Crippen LogP contribution is -2.37. The van der Waals surface area contributed by atoms with Crippen molar-refractivity contribution < 1.29 is 4.79 Å². The monoisotopic (exact) mass is 352 g/mol. The number of unbranched alkanes of at least 4 members (excludes halogenated alkanes) is 1. The van der Waals surface area contributed by atoms with Gasteiger partial charge in [0, 0.05) is 44.1 Å². The molecular weight excluding hydrogens is 324 g/mol. The highest BCUT2D eigenvalue weighted by atomic mass is 16.2. The summed E-state index contributed by atoms with van der Waals surface area (Å²) in [5.74, 6) is 1.96. The largest absolute Gasteiger partial charge is 0.360 e. The van der Waals surface area contributed by atoms with Gasteiger partial charge in [-0.15, -0.1) is 0 Å². The molecule has 0 fully saturated rings. The SMILES string of the molecule is CCCCC(=O)N1CCc2nc(-c3ccccc3)nc(N(C)CC)c2C1. The van der Waals surface area contributed by atoms with Gasteiger partial charge in [-0.1, -0.05) is 43.7 Å². The zero-order chi connectivity index (χ0) is 18.5. The Balaban J connectivity index is 1.95. The number of fused-ring (bicyclic) bond motifs is 1. The number of carbonyl (C=O) groups is 1. The molecular formula is C21H28N4O. The van der Waals surface area contributed by atoms with Crippen molar-refractivity contribution in [2.45, 2.75) is 46.1 Å². The van der Waals surface area contributed by atoms with E-state index in [4.69, 9.17) is 9.97 Å². The van der Waals surface area contributed by atoms with E-state index in [2.05, 4.69) is 25.8 Å². The van der Waals surface area contributed by atoms with Crippen LogP contribution in [0.3, 0.4) is 0 Å². The van der Waals surface area contributed by atoms with Gasteiger partial charge in [-0.3, -0.25) is 4.79 Å². The van der Waals surface area contributed by atoms with Gasteiger partial charge in [0.15, 0.2) is 5.82 Å². The van der Waals surface area contributed by atoms with E-state index in [9.17, 15) is 4.79 Å². The van der Waals surface area contributed by atoms with Crippen LogP contribution in [0.25, 0.3) is 11.4 Å². The van der Waals surface area contributed by atoms with E-state index in [1.54, 1.807) is 0 Å². The highest BCUT2D eigenvalue weighted by Crippen LogP contribution is 2.29. The Labute approximate surface area is 156 Å². The Kier molecular flexibility index (Phi) is 5.86. The molecule has 3 rings (SSSR count). The van der Waals surface area contributed by atoms with E-state index >= 15 is 0 Å². The first kappa shape index (κ1) is 18.4. The first-order chi connectivity index (χ1) is 12.6. The van der Waals surface area contributed by atoms with Gasteiger partial charge in [-0.25, -0.2) is 9.97 Å². The molecule has 1 aromatic carbocycles. The molecule has 0 radical (unpaired) electrons. The van der Waals surface area contributed by atoms with Crippen molar-refractivity contribution in [3.05, 3.63) is 41.6 Å². The minimum Gasteiger partial charge on any atom is -0.360 e. The van der Waals surface area contributed by atoms with Crippen LogP contribution in [0.4, 0.5) is 5.82 Å². The minimum absolute atomic E-state index is 0.245. The molecule has 0 N–H and O–H groups in total. The maximum Gasteiger partial charge on any atom is 0.222 e. The molecule has 138 valence electrons. The Morgan fingerprint density at radius 3 is 2.65 bits per heavy atom. The molecule has 0 spiro atoms. The first-order valence-electron chi connectivity index (χ1n) is 9.58. The van der Waals surface area contributed by atoms with Gasteiger partial charge >= 0.3 is 0 Å². The molecule has 1 amide bonds. The zero-order valence-electron chi connectivity index (χ0n) is 16.0. The number of anilines is 1. The lowest BCUT2D eigenvalue weighted by molar-refractivity contribution is -0.132. The van der Waals surface area contributed by atoms with Crippen molar-refractivity contribution in [1.82, 2.24) is 14.9 Å². The van der Waals surface area contributed by atoms with Crippen molar-refractivity contribution in [2.24, 2.45) is 0 Å². The lowest BCUT2D eigenvalue weighted by atomic mass is 10.0. The molecule has 2 heterocycles. The summed E-state index contributed by atoms with van der Waals surface area (Å²) in [5, 5.41) is 0. The van der Waals surface area contributed by atoms with Crippen LogP contribution in [0.1, 0.15) is 44.4 Å². The highest BCUT2D eigenvalue weighted by molar-refractivity contribution is 5.77. The van der Waals surface area contributed by atoms with E-state index in [1.807, 2.05) is 35.2 Å². The number of hydrogen-bond acceptors (Lipinski definition) is 4. The Morgan fingerprint density at radius 2 is 1.96 bits per heavy atom. The second-order valence-electron chi connectivity index (χ2n) is 6.85. The van der Waals surface area contributed by atoms with Crippen LogP contribution in [-0.2, 0) is 17.8 Å². The van der Waals surface area contributed by atoms with Crippen LogP contribution >= 0.6 is 0 Å². The predicted octanol–water partition coefficient (Wildman–Crippen LogP) is 3.67. The van der Waals surface area contributed by atoms with Gasteiger partial charge in [-0.05, 0) is 13.3 Å². The van der Waals surface area contributed by atoms with Crippen LogP contribution in [0.2, 0.25) is 0 Å². The Morgan fingerprint density at radius 1 is 1.19 bits per heavy atom. The van der Waals surface area contributed by atoms with Gasteiger partial charge in [-0.2, -0.15) is 0 Å². The van der Waals surface area contributed by atoms with E-state index < -0.39 is 0 Å². The van der Waals surface area contributed by atoms with Crippen molar-refractivity contribution >= 4 is 11.7 Å². The average Bonchev–Trinajstić information content (AvgIpc) is 2.70. The standard InChI is InChI=1S/C21H28N4O/c1-4-6-12-19(26)25-14-13-18-17(15-25)21(24(3)5-2)23-20(22-18)16-10-8-7-9-11-16/h7-11H,4-6,12-15H2,1-3H3. The predicted molar refractivity (Wildman–Crippen MR) is 105 cm³/mol. The molecule has 0 saturated heterocycles. The van der Waals surface area contributed by atoms with Crippen molar-refractivity contribution in [1.29, 1.82) is 0 Å². The highest BCUT2D eigenvalue weighted by Gasteiger charge is 2.26. The third kappa shape index (κ3) is 3.87. The maximum absolute atomic E-state index is 12.5. The molecule has 2 aromatic rings. The van der Waals surface area contributed by atoms with Crippen LogP contribution in [0.5, 0.6) is 0 Å². The number of amides is 1. The summed E-state index contributed by atoms with van der Waals surface area (Å²) < 4.78 is 0. The second kappa shape index (κ2) is 8.30. The van der Waals surface area contributed by atoms with Gasteiger partial charge < -0.3 is 9.80 Å². The zero-order valence-corrected chi connectivity index (χ0v) is 16.0. The molecule has 1 aliphatic heterocycles.